The molecule has 1 atom stereocenters. The zero-order valence-electron chi connectivity index (χ0n) is 30.9. The average Bonchev–Trinajstić information content (AvgIpc) is 3.21. The van der Waals surface area contributed by atoms with Crippen LogP contribution < -0.4 is 27.0 Å². The molecule has 0 heterocycles. The lowest BCUT2D eigenvalue weighted by molar-refractivity contribution is -0.143. The summed E-state index contributed by atoms with van der Waals surface area (Å²) in [6, 6.07) is 44.0. The van der Waals surface area contributed by atoms with Gasteiger partial charge in [0.05, 0.1) is 5.92 Å². The van der Waals surface area contributed by atoms with Gasteiger partial charge in [-0.1, -0.05) is 133 Å². The first-order valence-corrected chi connectivity index (χ1v) is 18.4. The highest BCUT2D eigenvalue weighted by molar-refractivity contribution is 5.93. The number of nitrogens with zero attached hydrogens (tertiary/aromatic N) is 1. The van der Waals surface area contributed by atoms with Gasteiger partial charge in [-0.05, 0) is 52.8 Å². The summed E-state index contributed by atoms with van der Waals surface area (Å²) >= 11 is 0. The van der Waals surface area contributed by atoms with Crippen molar-refractivity contribution in [3.63, 3.8) is 0 Å². The second-order valence-electron chi connectivity index (χ2n) is 13.2. The van der Waals surface area contributed by atoms with Gasteiger partial charge < -0.3 is 37.0 Å². The lowest BCUT2D eigenvalue weighted by Gasteiger charge is -2.34. The van der Waals surface area contributed by atoms with Gasteiger partial charge in [-0.3, -0.25) is 19.8 Å². The molecule has 8 N–H and O–H groups in total. The number of anilines is 1. The van der Waals surface area contributed by atoms with E-state index in [9.17, 15) is 24.3 Å². The molecule has 0 bridgehead atoms. The van der Waals surface area contributed by atoms with E-state index in [0.717, 1.165) is 22.3 Å². The van der Waals surface area contributed by atoms with E-state index < -0.39 is 30.4 Å². The number of benzene rings is 5. The summed E-state index contributed by atoms with van der Waals surface area (Å²) in [6.45, 7) is 0.0133. The van der Waals surface area contributed by atoms with Crippen molar-refractivity contribution in [2.75, 3.05) is 25.0 Å². The third kappa shape index (κ3) is 11.8. The molecular formula is C44H47N7O5. The maximum atomic E-state index is 14.9. The monoisotopic (exact) mass is 753 g/mol. The van der Waals surface area contributed by atoms with Crippen LogP contribution in [0.15, 0.2) is 146 Å². The van der Waals surface area contributed by atoms with Gasteiger partial charge in [0.1, 0.15) is 12.6 Å². The first kappa shape index (κ1) is 40.2. The molecule has 56 heavy (non-hydrogen) atoms. The molecule has 0 aliphatic carbocycles. The van der Waals surface area contributed by atoms with E-state index in [2.05, 4.69) is 21.3 Å². The number of carbonyl (C=O) groups excluding carboxylic acids is 3. The number of carboxylic acids is 1. The van der Waals surface area contributed by atoms with Gasteiger partial charge in [-0.2, -0.15) is 0 Å². The van der Waals surface area contributed by atoms with E-state index in [4.69, 9.17) is 11.1 Å². The minimum atomic E-state index is -1.22. The standard InChI is InChI=1S/C44H47N7O5/c45-43(46)47-27-13-22-38(41(54)48-29-39(52)53)51(42(55)40(34-18-9-3-10-19-34)35-20-11-4-12-21-35)30-31-23-25-36(26-24-31)50-44(56)49-28-37(32-14-5-1-6-15-32)33-16-7-2-8-17-33/h1-12,14-21,23-26,37-38,40H,13,22,27-30H2,(H,48,54)(H,52,53)(H4,45,46,47)(H2,49,50,56)/t38-/m1/s1. The number of hydrogen-bond acceptors (Lipinski definition) is 5. The van der Waals surface area contributed by atoms with Crippen LogP contribution in [0, 0.1) is 5.41 Å². The zero-order valence-corrected chi connectivity index (χ0v) is 30.9. The Morgan fingerprint density at radius 3 is 1.64 bits per heavy atom. The van der Waals surface area contributed by atoms with Gasteiger partial charge in [-0.25, -0.2) is 4.79 Å². The molecule has 5 aromatic rings. The molecule has 0 unspecified atom stereocenters. The average molecular weight is 754 g/mol. The predicted molar refractivity (Wildman–Crippen MR) is 217 cm³/mol. The van der Waals surface area contributed by atoms with Crippen LogP contribution in [0.2, 0.25) is 0 Å². The Kier molecular flexibility index (Phi) is 14.7. The summed E-state index contributed by atoms with van der Waals surface area (Å²) in [5, 5.41) is 28.0. The van der Waals surface area contributed by atoms with Crippen LogP contribution in [0.4, 0.5) is 10.5 Å². The molecule has 0 radical (unpaired) electrons. The van der Waals surface area contributed by atoms with E-state index in [1.54, 1.807) is 24.3 Å². The molecular weight excluding hydrogens is 707 g/mol. The topological polar surface area (TPSA) is 190 Å². The van der Waals surface area contributed by atoms with Crippen molar-refractivity contribution >= 4 is 35.5 Å². The molecule has 12 heteroatoms. The van der Waals surface area contributed by atoms with E-state index in [1.807, 2.05) is 121 Å². The largest absolute Gasteiger partial charge is 0.480 e. The summed E-state index contributed by atoms with van der Waals surface area (Å²) in [5.74, 6) is -3.26. The maximum Gasteiger partial charge on any atom is 0.322 e. The van der Waals surface area contributed by atoms with Gasteiger partial charge in [0, 0.05) is 31.2 Å². The summed E-state index contributed by atoms with van der Waals surface area (Å²) in [7, 11) is 0. The normalized spacial score (nSPS) is 11.3. The van der Waals surface area contributed by atoms with Gasteiger partial charge >= 0.3 is 12.0 Å². The van der Waals surface area contributed by atoms with Crippen LogP contribution >= 0.6 is 0 Å². The molecule has 0 aliphatic rings. The number of nitrogens with two attached hydrogens (primary N) is 1. The van der Waals surface area contributed by atoms with Crippen molar-refractivity contribution in [1.29, 1.82) is 5.41 Å². The number of aliphatic carboxylic acids is 1. The predicted octanol–water partition coefficient (Wildman–Crippen LogP) is 5.63. The van der Waals surface area contributed by atoms with Gasteiger partial charge in [0.25, 0.3) is 0 Å². The Morgan fingerprint density at radius 1 is 0.661 bits per heavy atom. The number of carbonyl (C=O) groups is 4. The second-order valence-corrected chi connectivity index (χ2v) is 13.2. The minimum Gasteiger partial charge on any atom is -0.480 e. The third-order valence-corrected chi connectivity index (χ3v) is 9.29. The third-order valence-electron chi connectivity index (χ3n) is 9.29. The highest BCUT2D eigenvalue weighted by Gasteiger charge is 2.35. The molecule has 12 nitrogen and oxygen atoms in total. The lowest BCUT2D eigenvalue weighted by atomic mass is 9.89. The highest BCUT2D eigenvalue weighted by Crippen LogP contribution is 2.30. The molecule has 5 rings (SSSR count). The maximum absolute atomic E-state index is 14.9. The van der Waals surface area contributed by atoms with Crippen molar-refractivity contribution in [3.8, 4) is 0 Å². The Balaban J connectivity index is 1.39. The number of hydrogen-bond donors (Lipinski definition) is 7. The number of rotatable bonds is 18. The van der Waals surface area contributed by atoms with Gasteiger partial charge in [0.15, 0.2) is 5.96 Å². The fourth-order valence-electron chi connectivity index (χ4n) is 6.56. The van der Waals surface area contributed by atoms with Gasteiger partial charge in [0.2, 0.25) is 11.8 Å². The molecule has 288 valence electrons. The highest BCUT2D eigenvalue weighted by atomic mass is 16.4. The zero-order chi connectivity index (χ0) is 39.7. The van der Waals surface area contributed by atoms with Crippen LogP contribution in [0.25, 0.3) is 0 Å². The Labute approximate surface area is 326 Å². The van der Waals surface area contributed by atoms with Crippen molar-refractivity contribution < 1.29 is 24.3 Å². The molecule has 4 amide bonds. The molecule has 0 fully saturated rings. The van der Waals surface area contributed by atoms with E-state index in [1.165, 1.54) is 4.90 Å². The smallest absolute Gasteiger partial charge is 0.322 e. The number of urea groups is 1. The van der Waals surface area contributed by atoms with E-state index in [0.29, 0.717) is 24.2 Å². The van der Waals surface area contributed by atoms with Gasteiger partial charge in [-0.15, -0.1) is 0 Å². The van der Waals surface area contributed by atoms with Crippen molar-refractivity contribution in [2.45, 2.75) is 37.3 Å². The molecule has 0 aromatic heterocycles. The fourth-order valence-corrected chi connectivity index (χ4v) is 6.56. The number of amides is 4. The SMILES string of the molecule is N=C(N)NCCC[C@H](C(=O)NCC(=O)O)N(Cc1ccc(NC(=O)NCC(c2ccccc2)c2ccccc2)cc1)C(=O)C(c1ccccc1)c1ccccc1. The van der Waals surface area contributed by atoms with Crippen LogP contribution in [0.1, 0.15) is 52.5 Å². The quantitative estimate of drug-likeness (QED) is 0.0343. The fraction of sp³-hybridized carbons (Fsp3) is 0.205. The number of guanidine groups is 1. The van der Waals surface area contributed by atoms with E-state index >= 15 is 0 Å². The first-order valence-electron chi connectivity index (χ1n) is 18.4. The lowest BCUT2D eigenvalue weighted by Crippen LogP contribution is -2.51. The first-order chi connectivity index (χ1) is 27.2. The molecule has 0 saturated carbocycles. The summed E-state index contributed by atoms with van der Waals surface area (Å²) < 4.78 is 0. The molecule has 5 aromatic carbocycles. The van der Waals surface area contributed by atoms with Crippen molar-refractivity contribution in [2.24, 2.45) is 5.73 Å². The second kappa shape index (κ2) is 20.5. The molecule has 0 spiro atoms. The van der Waals surface area contributed by atoms with Crippen LogP contribution in [0.3, 0.4) is 0 Å². The number of carboxylic acid groups (broad SMARTS) is 1. The summed E-state index contributed by atoms with van der Waals surface area (Å²) in [5.41, 5.74) is 10.3. The number of nitrogens with one attached hydrogen (secondary N) is 5. The summed E-state index contributed by atoms with van der Waals surface area (Å²) in [6.07, 6.45) is 0.504. The Morgan fingerprint density at radius 2 is 1.16 bits per heavy atom. The molecule has 0 aliphatic heterocycles. The molecule has 0 saturated heterocycles. The minimum absolute atomic E-state index is 0.00258. The Bertz CT molecular complexity index is 1950. The summed E-state index contributed by atoms with van der Waals surface area (Å²) in [4.78, 5) is 54.8. The van der Waals surface area contributed by atoms with Crippen molar-refractivity contribution in [1.82, 2.24) is 20.9 Å². The van der Waals surface area contributed by atoms with Crippen LogP contribution in [-0.4, -0.2) is 65.5 Å². The van der Waals surface area contributed by atoms with Crippen LogP contribution in [0.5, 0.6) is 0 Å². The van der Waals surface area contributed by atoms with E-state index in [-0.39, 0.29) is 43.3 Å². The van der Waals surface area contributed by atoms with Crippen molar-refractivity contribution in [3.05, 3.63) is 173 Å². The van der Waals surface area contributed by atoms with Crippen LogP contribution in [-0.2, 0) is 20.9 Å². The Hall–Kier alpha value is -6.95.